The molecule has 2 aliphatic rings. The van der Waals surface area contributed by atoms with Gasteiger partial charge < -0.3 is 9.47 Å². The fourth-order valence-corrected chi connectivity index (χ4v) is 4.19. The molecule has 2 fully saturated rings. The molecule has 1 aromatic rings. The highest BCUT2D eigenvalue weighted by Crippen LogP contribution is 2.56. The van der Waals surface area contributed by atoms with Gasteiger partial charge in [0.25, 0.3) is 0 Å². The lowest BCUT2D eigenvalue weighted by Crippen LogP contribution is -2.55. The molecule has 0 bridgehead atoms. The molecule has 1 saturated heterocycles. The summed E-state index contributed by atoms with van der Waals surface area (Å²) in [5.74, 6) is -0.204. The molecule has 5 heteroatoms. The third-order valence-corrected chi connectivity index (χ3v) is 5.61. The third-order valence-electron chi connectivity index (χ3n) is 5.61. The van der Waals surface area contributed by atoms with Crippen molar-refractivity contribution in [2.45, 2.75) is 44.6 Å². The predicted molar refractivity (Wildman–Crippen MR) is 86.2 cm³/mol. The van der Waals surface area contributed by atoms with Crippen molar-refractivity contribution in [3.63, 3.8) is 0 Å². The van der Waals surface area contributed by atoms with E-state index in [1.165, 1.54) is 7.11 Å². The van der Waals surface area contributed by atoms with E-state index < -0.39 is 0 Å². The normalized spacial score (nSPS) is 29.8. The fourth-order valence-electron chi connectivity index (χ4n) is 4.19. The topological polar surface area (TPSA) is 55.8 Å². The predicted octanol–water partition coefficient (Wildman–Crippen LogP) is 3.53. The molecule has 0 N–H and O–H groups in total. The first-order valence-corrected chi connectivity index (χ1v) is 8.11. The van der Waals surface area contributed by atoms with Gasteiger partial charge in [-0.05, 0) is 36.8 Å². The second-order valence-electron chi connectivity index (χ2n) is 6.75. The number of ether oxygens (including phenoxy) is 2. The van der Waals surface area contributed by atoms with Gasteiger partial charge in [0.05, 0.1) is 12.6 Å². The molecule has 23 heavy (non-hydrogen) atoms. The number of esters is 1. The van der Waals surface area contributed by atoms with Crippen LogP contribution in [-0.2, 0) is 14.3 Å². The van der Waals surface area contributed by atoms with Crippen LogP contribution in [0.3, 0.4) is 0 Å². The van der Waals surface area contributed by atoms with Gasteiger partial charge in [-0.25, -0.2) is 4.79 Å². The number of cyclic esters (lactones) is 1. The number of anilines is 1. The Morgan fingerprint density at radius 3 is 2.74 bits per heavy atom. The Morgan fingerprint density at radius 1 is 1.30 bits per heavy atom. The van der Waals surface area contributed by atoms with Crippen molar-refractivity contribution in [3.05, 3.63) is 30.3 Å². The molecule has 1 aliphatic carbocycles. The summed E-state index contributed by atoms with van der Waals surface area (Å²) in [6.45, 7) is 2.55. The Bertz CT molecular complexity index is 602. The Balaban J connectivity index is 1.94. The van der Waals surface area contributed by atoms with E-state index in [0.717, 1.165) is 24.9 Å². The summed E-state index contributed by atoms with van der Waals surface area (Å²) < 4.78 is 10.2. The average Bonchev–Trinajstić information content (AvgIpc) is 3.08. The molecule has 1 heterocycles. The maximum Gasteiger partial charge on any atom is 0.415 e. The van der Waals surface area contributed by atoms with Crippen molar-refractivity contribution in [2.24, 2.45) is 5.41 Å². The van der Waals surface area contributed by atoms with Crippen LogP contribution in [0.1, 0.15) is 39.0 Å². The Kier molecular flexibility index (Phi) is 4.04. The molecule has 1 saturated carbocycles. The minimum absolute atomic E-state index is 0.164. The van der Waals surface area contributed by atoms with Crippen LogP contribution < -0.4 is 4.90 Å². The van der Waals surface area contributed by atoms with Crippen LogP contribution in [0.2, 0.25) is 0 Å². The van der Waals surface area contributed by atoms with Gasteiger partial charge in [0.15, 0.2) is 0 Å². The number of rotatable bonds is 4. The molecule has 0 aromatic heterocycles. The summed E-state index contributed by atoms with van der Waals surface area (Å²) in [6, 6.07) is 9.66. The van der Waals surface area contributed by atoms with Crippen LogP contribution in [0, 0.1) is 5.41 Å². The largest absolute Gasteiger partial charge is 0.469 e. The lowest BCUT2D eigenvalue weighted by Gasteiger charge is -2.44. The molecular weight excluding hydrogens is 294 g/mol. The monoisotopic (exact) mass is 317 g/mol. The Labute approximate surface area is 136 Å². The first-order chi connectivity index (χ1) is 11.0. The number of carbonyl (C=O) groups is 2. The lowest BCUT2D eigenvalue weighted by molar-refractivity contribution is -0.141. The number of amides is 1. The number of para-hydroxylation sites is 1. The van der Waals surface area contributed by atoms with E-state index in [1.807, 2.05) is 35.2 Å². The summed E-state index contributed by atoms with van der Waals surface area (Å²) >= 11 is 0. The minimum atomic E-state index is -0.376. The van der Waals surface area contributed by atoms with E-state index in [-0.39, 0.29) is 23.0 Å². The van der Waals surface area contributed by atoms with Gasteiger partial charge >= 0.3 is 12.1 Å². The molecule has 3 rings (SSSR count). The first kappa shape index (κ1) is 15.8. The standard InChI is InChI=1S/C18H23NO4/c1-17(12-9-15(20)22-2)10-6-11-18(17)13-23-16(21)19(18)14-7-4-3-5-8-14/h3-5,7-8H,6,9-13H2,1-2H3. The molecule has 124 valence electrons. The van der Waals surface area contributed by atoms with E-state index in [0.29, 0.717) is 19.4 Å². The van der Waals surface area contributed by atoms with Gasteiger partial charge in [0, 0.05) is 12.1 Å². The van der Waals surface area contributed by atoms with E-state index in [4.69, 9.17) is 9.47 Å². The molecule has 1 aliphatic heterocycles. The summed E-state index contributed by atoms with van der Waals surface area (Å²) in [7, 11) is 1.41. The zero-order chi connectivity index (χ0) is 16.5. The molecule has 1 aromatic carbocycles. The molecule has 1 amide bonds. The van der Waals surface area contributed by atoms with Crippen LogP contribution in [0.4, 0.5) is 10.5 Å². The number of methoxy groups -OCH3 is 1. The molecule has 1 spiro atoms. The molecule has 0 radical (unpaired) electrons. The van der Waals surface area contributed by atoms with E-state index >= 15 is 0 Å². The molecular formula is C18H23NO4. The van der Waals surface area contributed by atoms with Gasteiger partial charge in [-0.1, -0.05) is 31.5 Å². The third kappa shape index (κ3) is 2.48. The van der Waals surface area contributed by atoms with Crippen molar-refractivity contribution in [1.29, 1.82) is 0 Å². The van der Waals surface area contributed by atoms with Crippen molar-refractivity contribution >= 4 is 17.7 Å². The number of nitrogens with zero attached hydrogens (tertiary/aromatic N) is 1. The van der Waals surface area contributed by atoms with E-state index in [2.05, 4.69) is 6.92 Å². The highest BCUT2D eigenvalue weighted by atomic mass is 16.6. The zero-order valence-electron chi connectivity index (χ0n) is 13.7. The second-order valence-corrected chi connectivity index (χ2v) is 6.75. The highest BCUT2D eigenvalue weighted by molar-refractivity contribution is 5.92. The molecule has 2 atom stereocenters. The van der Waals surface area contributed by atoms with Crippen molar-refractivity contribution in [1.82, 2.24) is 0 Å². The summed E-state index contributed by atoms with van der Waals surface area (Å²) in [4.78, 5) is 25.8. The second kappa shape index (κ2) is 5.87. The first-order valence-electron chi connectivity index (χ1n) is 8.11. The number of benzene rings is 1. The van der Waals surface area contributed by atoms with Crippen molar-refractivity contribution in [2.75, 3.05) is 18.6 Å². The summed E-state index contributed by atoms with van der Waals surface area (Å²) in [5, 5.41) is 0. The molecule has 2 unspecified atom stereocenters. The SMILES string of the molecule is COC(=O)CCC1(C)CCCC12COC(=O)N2c1ccccc1. The van der Waals surface area contributed by atoms with Crippen molar-refractivity contribution in [3.8, 4) is 0 Å². The van der Waals surface area contributed by atoms with Gasteiger partial charge in [-0.2, -0.15) is 0 Å². The molecule has 5 nitrogen and oxygen atoms in total. The van der Waals surface area contributed by atoms with Gasteiger partial charge in [-0.15, -0.1) is 0 Å². The van der Waals surface area contributed by atoms with Crippen LogP contribution in [0.15, 0.2) is 30.3 Å². The lowest BCUT2D eigenvalue weighted by atomic mass is 9.70. The van der Waals surface area contributed by atoms with Crippen LogP contribution in [0.5, 0.6) is 0 Å². The Hall–Kier alpha value is -2.04. The van der Waals surface area contributed by atoms with Gasteiger partial charge in [0.1, 0.15) is 6.61 Å². The van der Waals surface area contributed by atoms with Gasteiger partial charge in [-0.3, -0.25) is 9.69 Å². The smallest absolute Gasteiger partial charge is 0.415 e. The van der Waals surface area contributed by atoms with Crippen molar-refractivity contribution < 1.29 is 19.1 Å². The maximum absolute atomic E-state index is 12.4. The Morgan fingerprint density at radius 2 is 2.04 bits per heavy atom. The number of hydrogen-bond acceptors (Lipinski definition) is 4. The van der Waals surface area contributed by atoms with Crippen LogP contribution >= 0.6 is 0 Å². The quantitative estimate of drug-likeness (QED) is 0.797. The van der Waals surface area contributed by atoms with Gasteiger partial charge in [0.2, 0.25) is 0 Å². The fraction of sp³-hybridized carbons (Fsp3) is 0.556. The summed E-state index contributed by atoms with van der Waals surface area (Å²) in [5.41, 5.74) is 0.323. The van der Waals surface area contributed by atoms with E-state index in [9.17, 15) is 9.59 Å². The minimum Gasteiger partial charge on any atom is -0.469 e. The number of hydrogen-bond donors (Lipinski definition) is 0. The van der Waals surface area contributed by atoms with E-state index in [1.54, 1.807) is 0 Å². The zero-order valence-corrected chi connectivity index (χ0v) is 13.7. The average molecular weight is 317 g/mol. The summed E-state index contributed by atoms with van der Waals surface area (Å²) in [6.07, 6.45) is 3.67. The maximum atomic E-state index is 12.4. The number of carbonyl (C=O) groups excluding carboxylic acids is 2. The highest BCUT2D eigenvalue weighted by Gasteiger charge is 2.61. The van der Waals surface area contributed by atoms with Crippen LogP contribution in [0.25, 0.3) is 0 Å². The van der Waals surface area contributed by atoms with Crippen LogP contribution in [-0.4, -0.2) is 31.3 Å².